The van der Waals surface area contributed by atoms with Crippen LogP contribution in [-0.4, -0.2) is 28.0 Å². The van der Waals surface area contributed by atoms with Gasteiger partial charge in [0.1, 0.15) is 5.75 Å². The van der Waals surface area contributed by atoms with Crippen molar-refractivity contribution in [3.05, 3.63) is 59.7 Å². The zero-order chi connectivity index (χ0) is 17.6. The number of carbonyl (C=O) groups is 1. The van der Waals surface area contributed by atoms with Gasteiger partial charge in [0.2, 0.25) is 10.0 Å². The van der Waals surface area contributed by atoms with Crippen LogP contribution in [-0.2, 0) is 21.4 Å². The summed E-state index contributed by atoms with van der Waals surface area (Å²) in [5.74, 6) is 0.219. The maximum absolute atomic E-state index is 12.4. The van der Waals surface area contributed by atoms with E-state index in [4.69, 9.17) is 4.74 Å². The normalized spacial score (nSPS) is 11.1. The number of benzene rings is 2. The van der Waals surface area contributed by atoms with E-state index in [1.54, 1.807) is 13.0 Å². The Morgan fingerprint density at radius 3 is 2.46 bits per heavy atom. The Morgan fingerprint density at radius 1 is 1.12 bits per heavy atom. The van der Waals surface area contributed by atoms with Gasteiger partial charge < -0.3 is 10.1 Å². The summed E-state index contributed by atoms with van der Waals surface area (Å²) in [6.45, 7) is 1.84. The van der Waals surface area contributed by atoms with E-state index in [-0.39, 0.29) is 24.0 Å². The first-order valence-electron chi connectivity index (χ1n) is 7.40. The monoisotopic (exact) mass is 348 g/mol. The number of hydrogen-bond donors (Lipinski definition) is 2. The molecular weight excluding hydrogens is 328 g/mol. The molecule has 0 spiro atoms. The molecule has 128 valence electrons. The molecule has 0 bridgehead atoms. The first kappa shape index (κ1) is 18.0. The summed E-state index contributed by atoms with van der Waals surface area (Å²) >= 11 is 0. The minimum Gasteiger partial charge on any atom is -0.484 e. The molecule has 6 nitrogen and oxygen atoms in total. The smallest absolute Gasteiger partial charge is 0.257 e. The van der Waals surface area contributed by atoms with E-state index in [9.17, 15) is 13.2 Å². The van der Waals surface area contributed by atoms with E-state index >= 15 is 0 Å². The zero-order valence-electron chi connectivity index (χ0n) is 13.6. The summed E-state index contributed by atoms with van der Waals surface area (Å²) in [7, 11) is -2.10. The summed E-state index contributed by atoms with van der Waals surface area (Å²) in [5, 5.41) is 2.45. The molecule has 7 heteroatoms. The van der Waals surface area contributed by atoms with Crippen LogP contribution < -0.4 is 14.8 Å². The van der Waals surface area contributed by atoms with Gasteiger partial charge in [-0.1, -0.05) is 30.3 Å². The number of rotatable bonds is 7. The number of likely N-dealkylation sites (N-methyl/N-ethyl adjacent to an activating group) is 1. The second-order valence-electron chi connectivity index (χ2n) is 5.20. The summed E-state index contributed by atoms with van der Waals surface area (Å²) in [5.41, 5.74) is 1.52. The molecule has 1 amide bonds. The second kappa shape index (κ2) is 7.94. The van der Waals surface area contributed by atoms with Gasteiger partial charge in [-0.3, -0.25) is 4.79 Å². The third-order valence-electron chi connectivity index (χ3n) is 3.40. The minimum absolute atomic E-state index is 0.115. The van der Waals surface area contributed by atoms with E-state index in [1.165, 1.54) is 19.2 Å². The molecule has 0 atom stereocenters. The molecule has 2 N–H and O–H groups in total. The molecule has 2 aromatic rings. The predicted molar refractivity (Wildman–Crippen MR) is 91.2 cm³/mol. The summed E-state index contributed by atoms with van der Waals surface area (Å²) in [4.78, 5) is 11.4. The lowest BCUT2D eigenvalue weighted by Crippen LogP contribution is -2.25. The largest absolute Gasteiger partial charge is 0.484 e. The van der Waals surface area contributed by atoms with Gasteiger partial charge in [0.25, 0.3) is 5.91 Å². The Kier molecular flexibility index (Phi) is 5.94. The molecular formula is C17H20N2O4S. The van der Waals surface area contributed by atoms with E-state index in [0.29, 0.717) is 11.3 Å². The SMILES string of the molecule is CNC(=O)COc1ccc(S(=O)(=O)NCc2ccccc2)cc1C. The van der Waals surface area contributed by atoms with Crippen molar-refractivity contribution in [1.82, 2.24) is 10.0 Å². The van der Waals surface area contributed by atoms with Crippen LogP contribution in [0.5, 0.6) is 5.75 Å². The van der Waals surface area contributed by atoms with Gasteiger partial charge in [-0.05, 0) is 36.2 Å². The fourth-order valence-electron chi connectivity index (χ4n) is 2.02. The first-order valence-corrected chi connectivity index (χ1v) is 8.88. The van der Waals surface area contributed by atoms with Crippen LogP contribution in [0, 0.1) is 6.92 Å². The van der Waals surface area contributed by atoms with Crippen LogP contribution >= 0.6 is 0 Å². The Morgan fingerprint density at radius 2 is 1.83 bits per heavy atom. The van der Waals surface area contributed by atoms with Gasteiger partial charge in [0.05, 0.1) is 4.90 Å². The summed E-state index contributed by atoms with van der Waals surface area (Å²) in [6.07, 6.45) is 0. The number of sulfonamides is 1. The molecule has 2 rings (SSSR count). The van der Waals surface area contributed by atoms with Crippen molar-refractivity contribution in [3.63, 3.8) is 0 Å². The van der Waals surface area contributed by atoms with Crippen LogP contribution in [0.4, 0.5) is 0 Å². The maximum Gasteiger partial charge on any atom is 0.257 e. The highest BCUT2D eigenvalue weighted by Crippen LogP contribution is 2.22. The maximum atomic E-state index is 12.4. The molecule has 0 aliphatic carbocycles. The lowest BCUT2D eigenvalue weighted by molar-refractivity contribution is -0.122. The van der Waals surface area contributed by atoms with E-state index in [2.05, 4.69) is 10.0 Å². The Balaban J connectivity index is 2.07. The first-order chi connectivity index (χ1) is 11.4. The van der Waals surface area contributed by atoms with Gasteiger partial charge in [-0.25, -0.2) is 13.1 Å². The molecule has 0 radical (unpaired) electrons. The van der Waals surface area contributed by atoms with Crippen LogP contribution in [0.2, 0.25) is 0 Å². The molecule has 0 saturated heterocycles. The quantitative estimate of drug-likeness (QED) is 0.796. The van der Waals surface area contributed by atoms with Crippen molar-refractivity contribution in [3.8, 4) is 5.75 Å². The number of carbonyl (C=O) groups excluding carboxylic acids is 1. The molecule has 24 heavy (non-hydrogen) atoms. The van der Waals surface area contributed by atoms with Crippen LogP contribution in [0.25, 0.3) is 0 Å². The van der Waals surface area contributed by atoms with Gasteiger partial charge in [-0.15, -0.1) is 0 Å². The minimum atomic E-state index is -3.62. The fraction of sp³-hybridized carbons (Fsp3) is 0.235. The average molecular weight is 348 g/mol. The number of nitrogens with one attached hydrogen (secondary N) is 2. The van der Waals surface area contributed by atoms with E-state index in [1.807, 2.05) is 30.3 Å². The van der Waals surface area contributed by atoms with Crippen LogP contribution in [0.3, 0.4) is 0 Å². The molecule has 0 fully saturated rings. The standard InChI is InChI=1S/C17H20N2O4S/c1-13-10-15(8-9-16(13)23-12-17(20)18-2)24(21,22)19-11-14-6-4-3-5-7-14/h3-10,19H,11-12H2,1-2H3,(H,18,20). The van der Waals surface area contributed by atoms with Crippen molar-refractivity contribution in [2.24, 2.45) is 0 Å². The Hall–Kier alpha value is -2.38. The van der Waals surface area contributed by atoms with Crippen molar-refractivity contribution >= 4 is 15.9 Å². The molecule has 0 saturated carbocycles. The lowest BCUT2D eigenvalue weighted by atomic mass is 10.2. The zero-order valence-corrected chi connectivity index (χ0v) is 14.4. The van der Waals surface area contributed by atoms with Crippen LogP contribution in [0.1, 0.15) is 11.1 Å². The van der Waals surface area contributed by atoms with Gasteiger partial charge in [0.15, 0.2) is 6.61 Å². The van der Waals surface area contributed by atoms with Crippen molar-refractivity contribution in [2.45, 2.75) is 18.4 Å². The van der Waals surface area contributed by atoms with Crippen molar-refractivity contribution in [1.29, 1.82) is 0 Å². The number of ether oxygens (including phenoxy) is 1. The summed E-state index contributed by atoms with van der Waals surface area (Å²) < 4.78 is 32.7. The number of amides is 1. The Labute approximate surface area is 141 Å². The van der Waals surface area contributed by atoms with Gasteiger partial charge >= 0.3 is 0 Å². The van der Waals surface area contributed by atoms with Gasteiger partial charge in [0, 0.05) is 13.6 Å². The lowest BCUT2D eigenvalue weighted by Gasteiger charge is -2.11. The fourth-order valence-corrected chi connectivity index (χ4v) is 3.13. The molecule has 0 aliphatic heterocycles. The van der Waals surface area contributed by atoms with Gasteiger partial charge in [-0.2, -0.15) is 0 Å². The molecule has 0 aromatic heterocycles. The van der Waals surface area contributed by atoms with Crippen LogP contribution in [0.15, 0.2) is 53.4 Å². The number of aryl methyl sites for hydroxylation is 1. The Bertz CT molecular complexity index is 805. The molecule has 0 unspecified atom stereocenters. The third kappa shape index (κ3) is 4.81. The third-order valence-corrected chi connectivity index (χ3v) is 4.80. The average Bonchev–Trinajstić information content (AvgIpc) is 2.59. The van der Waals surface area contributed by atoms with Crippen molar-refractivity contribution < 1.29 is 17.9 Å². The second-order valence-corrected chi connectivity index (χ2v) is 6.97. The molecule has 0 aliphatic rings. The highest BCUT2D eigenvalue weighted by molar-refractivity contribution is 7.89. The topological polar surface area (TPSA) is 84.5 Å². The molecule has 2 aromatic carbocycles. The van der Waals surface area contributed by atoms with E-state index < -0.39 is 10.0 Å². The highest BCUT2D eigenvalue weighted by atomic mass is 32.2. The predicted octanol–water partition coefficient (Wildman–Crippen LogP) is 1.60. The highest BCUT2D eigenvalue weighted by Gasteiger charge is 2.15. The molecule has 0 heterocycles. The number of hydrogen-bond acceptors (Lipinski definition) is 4. The van der Waals surface area contributed by atoms with E-state index in [0.717, 1.165) is 5.56 Å². The van der Waals surface area contributed by atoms with Crippen molar-refractivity contribution in [2.75, 3.05) is 13.7 Å². The summed E-state index contributed by atoms with van der Waals surface area (Å²) in [6, 6.07) is 13.8.